The third-order valence-corrected chi connectivity index (χ3v) is 3.73. The van der Waals surface area contributed by atoms with Crippen molar-refractivity contribution in [1.82, 2.24) is 5.32 Å². The molecule has 1 atom stereocenters. The molecule has 7 nitrogen and oxygen atoms in total. The summed E-state index contributed by atoms with van der Waals surface area (Å²) in [6.45, 7) is 4.29. The van der Waals surface area contributed by atoms with Crippen LogP contribution in [0.25, 0.3) is 0 Å². The van der Waals surface area contributed by atoms with Crippen molar-refractivity contribution < 1.29 is 28.3 Å². The summed E-state index contributed by atoms with van der Waals surface area (Å²) in [4.78, 5) is 21.7. The van der Waals surface area contributed by atoms with Gasteiger partial charge in [0.15, 0.2) is 0 Å². The number of hydrogen-bond donors (Lipinski definition) is 2. The van der Waals surface area contributed by atoms with Crippen molar-refractivity contribution in [3.8, 4) is 0 Å². The first-order valence-electron chi connectivity index (χ1n) is 4.76. The summed E-state index contributed by atoms with van der Waals surface area (Å²) >= 11 is 0. The van der Waals surface area contributed by atoms with Crippen LogP contribution in [0.2, 0.25) is 0 Å². The molecule has 0 aliphatic carbocycles. The zero-order chi connectivity index (χ0) is 12.8. The molecule has 0 bridgehead atoms. The Kier molecular flexibility index (Phi) is 6.25. The molecule has 1 amide bonds. The third-order valence-electron chi connectivity index (χ3n) is 1.51. The Labute approximate surface area is 93.7 Å². The van der Waals surface area contributed by atoms with Gasteiger partial charge in [-0.1, -0.05) is 0 Å². The van der Waals surface area contributed by atoms with Crippen molar-refractivity contribution in [2.24, 2.45) is 0 Å². The summed E-state index contributed by atoms with van der Waals surface area (Å²) < 4.78 is 21.7. The number of hydrogen-bond acceptors (Lipinski definition) is 5. The van der Waals surface area contributed by atoms with E-state index in [2.05, 4.69) is 0 Å². The summed E-state index contributed by atoms with van der Waals surface area (Å²) in [6, 6.07) is 0. The lowest BCUT2D eigenvalue weighted by atomic mass is 10.6. The monoisotopic (exact) mass is 253 g/mol. The SMILES string of the molecule is CCOP(=O)(OCC)C(NC(C)=O)C(=O)O. The normalized spacial score (nSPS) is 13.2. The number of rotatable bonds is 7. The number of aliphatic carboxylic acids is 1. The molecule has 8 heteroatoms. The first kappa shape index (κ1) is 15.1. The van der Waals surface area contributed by atoms with E-state index in [1.165, 1.54) is 0 Å². The number of carbonyl (C=O) groups is 2. The summed E-state index contributed by atoms with van der Waals surface area (Å²) in [5, 5.41) is 10.9. The highest BCUT2D eigenvalue weighted by Gasteiger charge is 2.42. The van der Waals surface area contributed by atoms with Gasteiger partial charge in [0.25, 0.3) is 0 Å². The molecule has 0 aromatic carbocycles. The Morgan fingerprint density at radius 1 is 1.31 bits per heavy atom. The van der Waals surface area contributed by atoms with E-state index in [0.29, 0.717) is 0 Å². The smallest absolute Gasteiger partial charge is 0.364 e. The fourth-order valence-corrected chi connectivity index (χ4v) is 2.72. The molecule has 2 N–H and O–H groups in total. The Bertz CT molecular complexity index is 295. The van der Waals surface area contributed by atoms with E-state index < -0.39 is 25.3 Å². The van der Waals surface area contributed by atoms with Crippen LogP contribution in [-0.2, 0) is 23.2 Å². The molecule has 1 unspecified atom stereocenters. The van der Waals surface area contributed by atoms with Gasteiger partial charge in [-0.3, -0.25) is 9.36 Å². The van der Waals surface area contributed by atoms with E-state index in [1.807, 2.05) is 5.32 Å². The van der Waals surface area contributed by atoms with Crippen molar-refractivity contribution in [2.75, 3.05) is 13.2 Å². The molecule has 0 saturated heterocycles. The van der Waals surface area contributed by atoms with Crippen LogP contribution in [0, 0.1) is 0 Å². The van der Waals surface area contributed by atoms with Gasteiger partial charge in [-0.2, -0.15) is 0 Å². The summed E-state index contributed by atoms with van der Waals surface area (Å²) in [7, 11) is -3.87. The lowest BCUT2D eigenvalue weighted by Crippen LogP contribution is -2.40. The van der Waals surface area contributed by atoms with Crippen LogP contribution < -0.4 is 5.32 Å². The van der Waals surface area contributed by atoms with E-state index in [1.54, 1.807) is 13.8 Å². The number of carbonyl (C=O) groups excluding carboxylic acids is 1. The molecule has 0 aromatic rings. The van der Waals surface area contributed by atoms with Gasteiger partial charge in [-0.05, 0) is 13.8 Å². The van der Waals surface area contributed by atoms with E-state index in [9.17, 15) is 14.2 Å². The minimum Gasteiger partial charge on any atom is -0.479 e. The molecule has 0 aromatic heterocycles. The zero-order valence-electron chi connectivity index (χ0n) is 9.43. The second-order valence-corrected chi connectivity index (χ2v) is 4.93. The van der Waals surface area contributed by atoms with Crippen molar-refractivity contribution in [2.45, 2.75) is 26.6 Å². The van der Waals surface area contributed by atoms with Crippen LogP contribution in [0.5, 0.6) is 0 Å². The topological polar surface area (TPSA) is 102 Å². The van der Waals surface area contributed by atoms with Gasteiger partial charge in [-0.25, -0.2) is 4.79 Å². The lowest BCUT2D eigenvalue weighted by molar-refractivity contribution is -0.139. The molecule has 0 rings (SSSR count). The molecule has 0 aliphatic heterocycles. The fourth-order valence-electron chi connectivity index (χ4n) is 1.01. The van der Waals surface area contributed by atoms with Gasteiger partial charge in [0.2, 0.25) is 11.7 Å². The maximum Gasteiger partial charge on any atom is 0.364 e. The largest absolute Gasteiger partial charge is 0.479 e. The predicted octanol–water partition coefficient (Wildman–Crippen LogP) is 0.799. The molecule has 0 aliphatic rings. The zero-order valence-corrected chi connectivity index (χ0v) is 10.3. The maximum atomic E-state index is 12.1. The second-order valence-electron chi connectivity index (χ2n) is 2.82. The van der Waals surface area contributed by atoms with Crippen molar-refractivity contribution in [3.63, 3.8) is 0 Å². The van der Waals surface area contributed by atoms with Gasteiger partial charge >= 0.3 is 13.6 Å². The van der Waals surface area contributed by atoms with Crippen LogP contribution in [0.1, 0.15) is 20.8 Å². The Hall–Kier alpha value is -0.910. The molecule has 0 heterocycles. The first-order chi connectivity index (χ1) is 7.37. The van der Waals surface area contributed by atoms with Gasteiger partial charge in [0.05, 0.1) is 13.2 Å². The maximum absolute atomic E-state index is 12.1. The molecule has 94 valence electrons. The quantitative estimate of drug-likeness (QED) is 0.650. The van der Waals surface area contributed by atoms with E-state index in [-0.39, 0.29) is 13.2 Å². The van der Waals surface area contributed by atoms with Crippen molar-refractivity contribution >= 4 is 19.5 Å². The minimum atomic E-state index is -3.87. The Morgan fingerprint density at radius 3 is 2.00 bits per heavy atom. The van der Waals surface area contributed by atoms with Gasteiger partial charge < -0.3 is 19.5 Å². The van der Waals surface area contributed by atoms with Gasteiger partial charge in [0, 0.05) is 6.92 Å². The van der Waals surface area contributed by atoms with E-state index >= 15 is 0 Å². The molecule has 16 heavy (non-hydrogen) atoms. The number of carboxylic acids is 1. The van der Waals surface area contributed by atoms with Crippen LogP contribution in [-0.4, -0.2) is 36.0 Å². The van der Waals surface area contributed by atoms with E-state index in [0.717, 1.165) is 6.92 Å². The summed E-state index contributed by atoms with van der Waals surface area (Å²) in [5.74, 6) is -3.75. The highest BCUT2D eigenvalue weighted by atomic mass is 31.2. The van der Waals surface area contributed by atoms with Gasteiger partial charge in [0.1, 0.15) is 0 Å². The standard InChI is InChI=1S/C8H16NO6P/c1-4-14-16(13,15-5-2)7(8(11)12)9-6(3)10/h7H,4-5H2,1-3H3,(H,9,10)(H,11,12). The number of carboxylic acid groups (broad SMARTS) is 1. The highest BCUT2D eigenvalue weighted by Crippen LogP contribution is 2.51. The van der Waals surface area contributed by atoms with Crippen LogP contribution in [0.3, 0.4) is 0 Å². The first-order valence-corrected chi connectivity index (χ1v) is 6.37. The molecule has 0 fully saturated rings. The molecule has 0 saturated carbocycles. The Balaban J connectivity index is 5.01. The average Bonchev–Trinajstić information content (AvgIpc) is 2.14. The molecule has 0 spiro atoms. The number of amides is 1. The highest BCUT2D eigenvalue weighted by molar-refractivity contribution is 7.55. The summed E-state index contributed by atoms with van der Waals surface area (Å²) in [5.41, 5.74) is 0. The lowest BCUT2D eigenvalue weighted by Gasteiger charge is -2.23. The van der Waals surface area contributed by atoms with Crippen LogP contribution >= 0.6 is 7.60 Å². The molecule has 0 radical (unpaired) electrons. The predicted molar refractivity (Wildman–Crippen MR) is 56.1 cm³/mol. The fraction of sp³-hybridized carbons (Fsp3) is 0.750. The Morgan fingerprint density at radius 2 is 1.75 bits per heavy atom. The molecular formula is C8H16NO6P. The van der Waals surface area contributed by atoms with Crippen LogP contribution in [0.4, 0.5) is 0 Å². The van der Waals surface area contributed by atoms with E-state index in [4.69, 9.17) is 14.2 Å². The molecular weight excluding hydrogens is 237 g/mol. The summed E-state index contributed by atoms with van der Waals surface area (Å²) in [6.07, 6.45) is 0. The minimum absolute atomic E-state index is 0.0284. The van der Waals surface area contributed by atoms with Crippen molar-refractivity contribution in [3.05, 3.63) is 0 Å². The average molecular weight is 253 g/mol. The van der Waals surface area contributed by atoms with Gasteiger partial charge in [-0.15, -0.1) is 0 Å². The van der Waals surface area contributed by atoms with Crippen LogP contribution in [0.15, 0.2) is 0 Å². The number of nitrogens with one attached hydrogen (secondary N) is 1. The third kappa shape index (κ3) is 4.30. The van der Waals surface area contributed by atoms with Crippen molar-refractivity contribution in [1.29, 1.82) is 0 Å². The second kappa shape index (κ2) is 6.62.